The minimum absolute atomic E-state index is 0.118. The number of hydrogen-bond donors (Lipinski definition) is 2. The third-order valence-corrected chi connectivity index (χ3v) is 2.14. The van der Waals surface area contributed by atoms with Crippen LogP contribution in [0.15, 0.2) is 36.3 Å². The zero-order chi connectivity index (χ0) is 12.0. The van der Waals surface area contributed by atoms with Crippen molar-refractivity contribution in [1.82, 2.24) is 5.32 Å². The van der Waals surface area contributed by atoms with Gasteiger partial charge in [-0.2, -0.15) is 0 Å². The topological polar surface area (TPSA) is 69.6 Å². The molecule has 84 valence electrons. The number of nitrogens with zero attached hydrogens (tertiary/aromatic N) is 2. The first-order valence-electron chi connectivity index (χ1n) is 4.81. The van der Waals surface area contributed by atoms with Gasteiger partial charge in [0.15, 0.2) is 4.98 Å². The number of aliphatic hydroxyl groups is 1. The Labute approximate surface area is 94.0 Å². The lowest BCUT2D eigenvalue weighted by Crippen LogP contribution is -2.17. The van der Waals surface area contributed by atoms with Gasteiger partial charge in [0.1, 0.15) is 5.75 Å². The number of methoxy groups -OCH3 is 1. The molecular formula is C11H14N3O2+. The van der Waals surface area contributed by atoms with Crippen molar-refractivity contribution in [2.24, 2.45) is 0 Å². The molecule has 16 heavy (non-hydrogen) atoms. The summed E-state index contributed by atoms with van der Waals surface area (Å²) < 4.78 is 5.09. The lowest BCUT2D eigenvalue weighted by Gasteiger charge is -2.13. The fraction of sp³-hybridized carbons (Fsp3) is 0.273. The number of rotatable bonds is 4. The van der Waals surface area contributed by atoms with Crippen LogP contribution in [-0.2, 0) is 0 Å². The first-order chi connectivity index (χ1) is 7.67. The van der Waals surface area contributed by atoms with Crippen LogP contribution in [0.3, 0.4) is 0 Å². The van der Waals surface area contributed by atoms with Crippen LogP contribution in [0, 0.1) is 5.39 Å². The van der Waals surface area contributed by atoms with Gasteiger partial charge in [-0.15, -0.1) is 0 Å². The molecule has 0 heterocycles. The van der Waals surface area contributed by atoms with Crippen LogP contribution in [0.5, 0.6) is 5.75 Å². The van der Waals surface area contributed by atoms with E-state index < -0.39 is 0 Å². The van der Waals surface area contributed by atoms with Crippen molar-refractivity contribution in [2.45, 2.75) is 13.0 Å². The fourth-order valence-electron chi connectivity index (χ4n) is 1.31. The number of hydrogen-bond acceptors (Lipinski definition) is 4. The van der Waals surface area contributed by atoms with E-state index in [-0.39, 0.29) is 11.9 Å². The number of aliphatic hydroxyl groups excluding tert-OH is 1. The summed E-state index contributed by atoms with van der Waals surface area (Å²) in [4.78, 5) is 2.72. The van der Waals surface area contributed by atoms with Gasteiger partial charge in [0.2, 0.25) is 5.39 Å². The second kappa shape index (κ2) is 5.61. The molecule has 1 aromatic carbocycles. The first kappa shape index (κ1) is 11.9. The molecule has 0 saturated heterocycles. The third-order valence-electron chi connectivity index (χ3n) is 2.14. The highest BCUT2D eigenvalue weighted by Crippen LogP contribution is 2.19. The third kappa shape index (κ3) is 3.17. The van der Waals surface area contributed by atoms with Gasteiger partial charge >= 0.3 is 6.20 Å². The van der Waals surface area contributed by atoms with Gasteiger partial charge in [-0.1, -0.05) is 12.1 Å². The Morgan fingerprint density at radius 1 is 1.62 bits per heavy atom. The van der Waals surface area contributed by atoms with E-state index in [4.69, 9.17) is 10.1 Å². The molecule has 0 fully saturated rings. The highest BCUT2D eigenvalue weighted by atomic mass is 16.5. The first-order valence-corrected chi connectivity index (χ1v) is 4.81. The number of benzene rings is 1. The Bertz CT molecular complexity index is 423. The van der Waals surface area contributed by atoms with Crippen molar-refractivity contribution in [3.8, 4) is 5.75 Å². The standard InChI is InChI=1S/C11H13N3O2/c1-8(14-11(15)7-13-12)9-4-3-5-10(6-9)16-2/h3-8,14H,1-2H3/p+1/b11-7-/t8-/m1/s1. The molecule has 0 bridgehead atoms. The van der Waals surface area contributed by atoms with Gasteiger partial charge in [-0.05, 0) is 24.6 Å². The Hall–Kier alpha value is -2.22. The van der Waals surface area contributed by atoms with E-state index in [2.05, 4.69) is 10.3 Å². The van der Waals surface area contributed by atoms with Gasteiger partial charge < -0.3 is 15.2 Å². The molecule has 0 radical (unpaired) electrons. The summed E-state index contributed by atoms with van der Waals surface area (Å²) in [5.74, 6) is 0.555. The average Bonchev–Trinajstić information content (AvgIpc) is 2.29. The quantitative estimate of drug-likeness (QED) is 0.604. The van der Waals surface area contributed by atoms with Crippen molar-refractivity contribution in [1.29, 1.82) is 5.39 Å². The summed E-state index contributed by atoms with van der Waals surface area (Å²) in [6.07, 6.45) is 0.927. The van der Waals surface area contributed by atoms with Gasteiger partial charge in [0.05, 0.1) is 13.2 Å². The molecule has 0 unspecified atom stereocenters. The summed E-state index contributed by atoms with van der Waals surface area (Å²) in [6, 6.07) is 7.36. The van der Waals surface area contributed by atoms with Gasteiger partial charge in [-0.25, -0.2) is 0 Å². The molecule has 5 nitrogen and oxygen atoms in total. The maximum Gasteiger partial charge on any atom is 0.409 e. The minimum Gasteiger partial charge on any atom is -0.497 e. The highest BCUT2D eigenvalue weighted by molar-refractivity contribution is 5.30. The van der Waals surface area contributed by atoms with E-state index in [1.165, 1.54) is 0 Å². The van der Waals surface area contributed by atoms with Gasteiger partial charge in [0.25, 0.3) is 5.88 Å². The van der Waals surface area contributed by atoms with Crippen molar-refractivity contribution in [3.05, 3.63) is 46.9 Å². The van der Waals surface area contributed by atoms with Crippen LogP contribution in [0.25, 0.3) is 4.98 Å². The molecule has 0 spiro atoms. The highest BCUT2D eigenvalue weighted by Gasteiger charge is 2.09. The van der Waals surface area contributed by atoms with Crippen LogP contribution in [-0.4, -0.2) is 12.2 Å². The van der Waals surface area contributed by atoms with Crippen LogP contribution in [0.1, 0.15) is 18.5 Å². The number of ether oxygens (including phenoxy) is 1. The maximum atomic E-state index is 9.27. The largest absolute Gasteiger partial charge is 0.497 e. The zero-order valence-electron chi connectivity index (χ0n) is 9.21. The van der Waals surface area contributed by atoms with E-state index in [0.29, 0.717) is 0 Å². The van der Waals surface area contributed by atoms with E-state index in [0.717, 1.165) is 17.5 Å². The summed E-state index contributed by atoms with van der Waals surface area (Å²) in [6.45, 7) is 1.87. The Kier molecular flexibility index (Phi) is 4.16. The fourth-order valence-corrected chi connectivity index (χ4v) is 1.31. The predicted octanol–water partition coefficient (Wildman–Crippen LogP) is 2.56. The monoisotopic (exact) mass is 220 g/mol. The van der Waals surface area contributed by atoms with E-state index in [1.807, 2.05) is 31.2 Å². The number of diazo groups is 1. The number of nitrogens with one attached hydrogen (secondary N) is 1. The van der Waals surface area contributed by atoms with E-state index >= 15 is 0 Å². The smallest absolute Gasteiger partial charge is 0.409 e. The van der Waals surface area contributed by atoms with Crippen molar-refractivity contribution < 1.29 is 9.84 Å². The van der Waals surface area contributed by atoms with Gasteiger partial charge in [0, 0.05) is 0 Å². The molecule has 1 atom stereocenters. The Morgan fingerprint density at radius 3 is 3.00 bits per heavy atom. The maximum absolute atomic E-state index is 9.27. The molecule has 0 saturated carbocycles. The molecule has 0 aliphatic rings. The Balaban J connectivity index is 2.77. The van der Waals surface area contributed by atoms with Crippen LogP contribution in [0.4, 0.5) is 0 Å². The molecular weight excluding hydrogens is 206 g/mol. The molecule has 0 amide bonds. The molecule has 1 rings (SSSR count). The summed E-state index contributed by atoms with van der Waals surface area (Å²) in [5.41, 5.74) is 0.956. The van der Waals surface area contributed by atoms with Crippen molar-refractivity contribution in [2.75, 3.05) is 7.11 Å². The van der Waals surface area contributed by atoms with Crippen molar-refractivity contribution in [3.63, 3.8) is 0 Å². The summed E-state index contributed by atoms with van der Waals surface area (Å²) >= 11 is 0. The van der Waals surface area contributed by atoms with Crippen molar-refractivity contribution >= 4 is 0 Å². The lowest BCUT2D eigenvalue weighted by molar-refractivity contribution is 0.346. The van der Waals surface area contributed by atoms with E-state index in [1.54, 1.807) is 7.11 Å². The molecule has 2 N–H and O–H groups in total. The SMILES string of the molecule is COc1cccc([C@@H](C)N/C(O)=C/[N+]#N)c1. The second-order valence-electron chi connectivity index (χ2n) is 3.27. The van der Waals surface area contributed by atoms with Crippen LogP contribution >= 0.6 is 0 Å². The summed E-state index contributed by atoms with van der Waals surface area (Å²) in [7, 11) is 1.60. The second-order valence-corrected chi connectivity index (χ2v) is 3.27. The normalized spacial score (nSPS) is 12.7. The van der Waals surface area contributed by atoms with E-state index in [9.17, 15) is 5.11 Å². The molecule has 5 heteroatoms. The molecule has 1 aromatic rings. The predicted molar refractivity (Wildman–Crippen MR) is 60.3 cm³/mol. The summed E-state index contributed by atoms with van der Waals surface area (Å²) in [5, 5.41) is 20.3. The zero-order valence-corrected chi connectivity index (χ0v) is 9.21. The van der Waals surface area contributed by atoms with Crippen LogP contribution < -0.4 is 10.1 Å². The lowest BCUT2D eigenvalue weighted by atomic mass is 10.1. The molecule has 0 aliphatic carbocycles. The molecule has 0 aliphatic heterocycles. The minimum atomic E-state index is -0.196. The van der Waals surface area contributed by atoms with Crippen LogP contribution in [0.2, 0.25) is 0 Å². The van der Waals surface area contributed by atoms with Gasteiger partial charge in [-0.3, -0.25) is 0 Å². The average molecular weight is 220 g/mol. The Morgan fingerprint density at radius 2 is 2.38 bits per heavy atom. The molecule has 0 aromatic heterocycles.